The van der Waals surface area contributed by atoms with Crippen molar-refractivity contribution in [2.45, 2.75) is 46.7 Å². The first-order chi connectivity index (χ1) is 20.1. The number of amides is 1. The van der Waals surface area contributed by atoms with Crippen LogP contribution in [-0.2, 0) is 9.53 Å². The average Bonchev–Trinajstić information content (AvgIpc) is 3.48. The fraction of sp³-hybridized carbons (Fsp3) is 0.273. The van der Waals surface area contributed by atoms with Crippen molar-refractivity contribution < 1.29 is 14.3 Å². The van der Waals surface area contributed by atoms with Gasteiger partial charge < -0.3 is 24.8 Å². The number of esters is 1. The van der Waals surface area contributed by atoms with Gasteiger partial charge in [0.05, 0.1) is 30.5 Å². The molecule has 2 atom stereocenters. The quantitative estimate of drug-likeness (QED) is 0.194. The fourth-order valence-electron chi connectivity index (χ4n) is 5.54. The van der Waals surface area contributed by atoms with E-state index in [1.165, 1.54) is 7.11 Å². The van der Waals surface area contributed by atoms with Crippen LogP contribution in [0.2, 0.25) is 0 Å². The standard InChI is InChI=1S/C33H35N5O3S/c1-19(2)31(39)35-27-14-13-25(16-20(27)3)38-30(29(36-33(38)42)28-12-7-8-15-34-28)26-17-21(4)37(22(26)5)24-11-9-10-23(18-24)32(40)41-6/h7-19,29-30H,1-6H3,(H,35,39)(H,36,42). The maximum absolute atomic E-state index is 12.4. The SMILES string of the molecule is COC(=O)c1cccc(-n2c(C)cc(C3C(c4ccccn4)NC(=S)N3c3ccc(NC(=O)C(C)C)c(C)c3)c2C)c1. The predicted molar refractivity (Wildman–Crippen MR) is 169 cm³/mol. The lowest BCUT2D eigenvalue weighted by Crippen LogP contribution is -2.29. The van der Waals surface area contributed by atoms with E-state index in [4.69, 9.17) is 17.0 Å². The molecule has 9 heteroatoms. The van der Waals surface area contributed by atoms with Crippen LogP contribution >= 0.6 is 12.2 Å². The summed E-state index contributed by atoms with van der Waals surface area (Å²) in [6, 6.07) is 21.0. The molecule has 2 N–H and O–H groups in total. The first-order valence-electron chi connectivity index (χ1n) is 13.9. The number of ether oxygens (including phenoxy) is 1. The lowest BCUT2D eigenvalue weighted by molar-refractivity contribution is -0.118. The van der Waals surface area contributed by atoms with Gasteiger partial charge in [0.2, 0.25) is 5.91 Å². The number of thiocarbonyl (C=S) groups is 1. The number of carbonyl (C=O) groups excluding carboxylic acids is 2. The van der Waals surface area contributed by atoms with Gasteiger partial charge in [0, 0.05) is 40.6 Å². The summed E-state index contributed by atoms with van der Waals surface area (Å²) in [5.41, 5.74) is 7.98. The molecule has 0 bridgehead atoms. The Bertz CT molecular complexity index is 1660. The second-order valence-corrected chi connectivity index (χ2v) is 11.2. The van der Waals surface area contributed by atoms with Crippen LogP contribution in [0, 0.1) is 26.7 Å². The summed E-state index contributed by atoms with van der Waals surface area (Å²) >= 11 is 5.95. The molecule has 2 aromatic carbocycles. The molecule has 0 radical (unpaired) electrons. The Morgan fingerprint density at radius 2 is 1.79 bits per heavy atom. The molecule has 2 unspecified atom stereocenters. The van der Waals surface area contributed by atoms with Gasteiger partial charge in [-0.05, 0) is 98.7 Å². The van der Waals surface area contributed by atoms with E-state index in [0.29, 0.717) is 10.7 Å². The van der Waals surface area contributed by atoms with Crippen molar-refractivity contribution in [2.75, 3.05) is 17.3 Å². The number of anilines is 2. The average molecular weight is 582 g/mol. The van der Waals surface area contributed by atoms with E-state index >= 15 is 0 Å². The zero-order valence-electron chi connectivity index (χ0n) is 24.6. The van der Waals surface area contributed by atoms with Gasteiger partial charge in [-0.2, -0.15) is 0 Å². The molecule has 3 heterocycles. The lowest BCUT2D eigenvalue weighted by atomic mass is 9.96. The van der Waals surface area contributed by atoms with E-state index < -0.39 is 0 Å². The Labute approximate surface area is 251 Å². The molecule has 1 amide bonds. The van der Waals surface area contributed by atoms with Crippen molar-refractivity contribution >= 4 is 40.6 Å². The Hall–Kier alpha value is -4.50. The molecule has 1 fully saturated rings. The second kappa shape index (κ2) is 11.8. The largest absolute Gasteiger partial charge is 0.465 e. The van der Waals surface area contributed by atoms with E-state index in [2.05, 4.69) is 51.1 Å². The molecule has 5 rings (SSSR count). The van der Waals surface area contributed by atoms with Crippen LogP contribution in [0.25, 0.3) is 5.69 Å². The van der Waals surface area contributed by atoms with Crippen molar-refractivity contribution in [1.29, 1.82) is 0 Å². The summed E-state index contributed by atoms with van der Waals surface area (Å²) in [6.45, 7) is 9.86. The summed E-state index contributed by atoms with van der Waals surface area (Å²) < 4.78 is 7.10. The number of nitrogens with zero attached hydrogens (tertiary/aromatic N) is 3. The second-order valence-electron chi connectivity index (χ2n) is 10.8. The van der Waals surface area contributed by atoms with Crippen LogP contribution < -0.4 is 15.5 Å². The number of rotatable bonds is 7. The van der Waals surface area contributed by atoms with Gasteiger partial charge in [0.1, 0.15) is 0 Å². The van der Waals surface area contributed by atoms with Gasteiger partial charge in [-0.1, -0.05) is 26.0 Å². The molecular formula is C33H35N5O3S. The molecular weight excluding hydrogens is 546 g/mol. The molecule has 0 saturated carbocycles. The van der Waals surface area contributed by atoms with Gasteiger partial charge in [-0.3, -0.25) is 9.78 Å². The smallest absolute Gasteiger partial charge is 0.337 e. The summed E-state index contributed by atoms with van der Waals surface area (Å²) in [5, 5.41) is 7.14. The van der Waals surface area contributed by atoms with Crippen molar-refractivity contribution in [1.82, 2.24) is 14.9 Å². The highest BCUT2D eigenvalue weighted by Gasteiger charge is 2.42. The first-order valence-corrected chi connectivity index (χ1v) is 14.3. The van der Waals surface area contributed by atoms with Crippen LogP contribution in [0.5, 0.6) is 0 Å². The number of nitrogens with one attached hydrogen (secondary N) is 2. The minimum Gasteiger partial charge on any atom is -0.465 e. The van der Waals surface area contributed by atoms with Gasteiger partial charge >= 0.3 is 5.97 Å². The van der Waals surface area contributed by atoms with Gasteiger partial charge in [0.25, 0.3) is 0 Å². The lowest BCUT2D eigenvalue weighted by Gasteiger charge is -2.29. The minimum atomic E-state index is -0.380. The molecule has 1 aliphatic heterocycles. The fourth-order valence-corrected chi connectivity index (χ4v) is 5.88. The zero-order valence-corrected chi connectivity index (χ0v) is 25.5. The van der Waals surface area contributed by atoms with Crippen LogP contribution in [0.1, 0.15) is 64.5 Å². The summed E-state index contributed by atoms with van der Waals surface area (Å²) in [5.74, 6) is -0.526. The number of methoxy groups -OCH3 is 1. The Morgan fingerprint density at radius 1 is 1.00 bits per heavy atom. The Balaban J connectivity index is 1.62. The predicted octanol–water partition coefficient (Wildman–Crippen LogP) is 6.36. The van der Waals surface area contributed by atoms with Gasteiger partial charge in [-0.15, -0.1) is 0 Å². The highest BCUT2D eigenvalue weighted by atomic mass is 32.1. The van der Waals surface area contributed by atoms with E-state index in [1.807, 2.05) is 69.3 Å². The van der Waals surface area contributed by atoms with E-state index in [-0.39, 0.29) is 29.9 Å². The Kier molecular flexibility index (Phi) is 8.13. The topological polar surface area (TPSA) is 88.5 Å². The third-order valence-electron chi connectivity index (χ3n) is 7.68. The van der Waals surface area contributed by atoms with Crippen molar-refractivity contribution in [2.24, 2.45) is 5.92 Å². The number of aromatic nitrogens is 2. The van der Waals surface area contributed by atoms with E-state index in [9.17, 15) is 9.59 Å². The Morgan fingerprint density at radius 3 is 2.45 bits per heavy atom. The van der Waals surface area contributed by atoms with Crippen molar-refractivity contribution in [3.05, 3.63) is 107 Å². The highest BCUT2D eigenvalue weighted by molar-refractivity contribution is 7.80. The van der Waals surface area contributed by atoms with Gasteiger partial charge in [-0.25, -0.2) is 4.79 Å². The molecule has 4 aromatic rings. The van der Waals surface area contributed by atoms with Gasteiger partial charge in [0.15, 0.2) is 5.11 Å². The highest BCUT2D eigenvalue weighted by Crippen LogP contribution is 2.44. The molecule has 8 nitrogen and oxygen atoms in total. The number of carbonyl (C=O) groups is 2. The third-order valence-corrected chi connectivity index (χ3v) is 8.00. The number of pyridine rings is 1. The number of hydrogen-bond donors (Lipinski definition) is 2. The van der Waals surface area contributed by atoms with Crippen molar-refractivity contribution in [3.63, 3.8) is 0 Å². The van der Waals surface area contributed by atoms with Crippen LogP contribution in [0.4, 0.5) is 11.4 Å². The molecule has 0 spiro atoms. The molecule has 42 heavy (non-hydrogen) atoms. The molecule has 0 aliphatic carbocycles. The summed E-state index contributed by atoms with van der Waals surface area (Å²) in [4.78, 5) is 31.5. The molecule has 2 aromatic heterocycles. The number of hydrogen-bond acceptors (Lipinski definition) is 5. The maximum atomic E-state index is 12.4. The monoisotopic (exact) mass is 581 g/mol. The van der Waals surface area contributed by atoms with E-state index in [0.717, 1.165) is 45.3 Å². The van der Waals surface area contributed by atoms with Crippen molar-refractivity contribution in [3.8, 4) is 5.69 Å². The zero-order chi connectivity index (χ0) is 30.1. The summed E-state index contributed by atoms with van der Waals surface area (Å²) in [7, 11) is 1.38. The third kappa shape index (κ3) is 5.39. The normalized spacial score (nSPS) is 16.5. The van der Waals surface area contributed by atoms with Crippen LogP contribution in [0.3, 0.4) is 0 Å². The number of benzene rings is 2. The maximum Gasteiger partial charge on any atom is 0.337 e. The minimum absolute atomic E-state index is 0.0268. The summed E-state index contributed by atoms with van der Waals surface area (Å²) in [6.07, 6.45) is 1.79. The molecule has 216 valence electrons. The number of aryl methyl sites for hydroxylation is 2. The van der Waals surface area contributed by atoms with Crippen LogP contribution in [0.15, 0.2) is 72.9 Å². The first kappa shape index (κ1) is 29.0. The van der Waals surface area contributed by atoms with Crippen LogP contribution in [-0.4, -0.2) is 33.6 Å². The van der Waals surface area contributed by atoms with E-state index in [1.54, 1.807) is 12.3 Å². The molecule has 1 aliphatic rings. The molecule has 1 saturated heterocycles.